The van der Waals surface area contributed by atoms with Crippen LogP contribution in [-0.2, 0) is 4.79 Å². The van der Waals surface area contributed by atoms with Crippen molar-refractivity contribution in [1.82, 2.24) is 10.3 Å². The van der Waals surface area contributed by atoms with E-state index in [1.54, 1.807) is 6.20 Å². The number of pyridine rings is 1. The van der Waals surface area contributed by atoms with Gasteiger partial charge in [0, 0.05) is 18.8 Å². The van der Waals surface area contributed by atoms with Gasteiger partial charge in [-0.25, -0.2) is 4.98 Å². The van der Waals surface area contributed by atoms with Gasteiger partial charge in [-0.1, -0.05) is 0 Å². The molecular formula is C13H20BrN3O. The predicted octanol–water partition coefficient (Wildman–Crippen LogP) is 2.50. The number of carbonyl (C=O) groups is 1. The van der Waals surface area contributed by atoms with E-state index in [2.05, 4.69) is 26.2 Å². The second-order valence-corrected chi connectivity index (χ2v) is 5.29. The second kappa shape index (κ2) is 6.73. The molecule has 0 saturated heterocycles. The highest BCUT2D eigenvalue weighted by Crippen LogP contribution is 2.26. The van der Waals surface area contributed by atoms with E-state index in [1.165, 1.54) is 0 Å². The van der Waals surface area contributed by atoms with Crippen LogP contribution in [-0.4, -0.2) is 30.0 Å². The Hall–Kier alpha value is -1.10. The molecule has 100 valence electrons. The fourth-order valence-electron chi connectivity index (χ4n) is 1.62. The summed E-state index contributed by atoms with van der Waals surface area (Å²) in [5.74, 6) is 0.832. The molecule has 0 bridgehead atoms. The van der Waals surface area contributed by atoms with E-state index < -0.39 is 0 Å². The predicted molar refractivity (Wildman–Crippen MR) is 77.8 cm³/mol. The van der Waals surface area contributed by atoms with E-state index in [4.69, 9.17) is 0 Å². The quantitative estimate of drug-likeness (QED) is 0.908. The van der Waals surface area contributed by atoms with E-state index in [0.29, 0.717) is 6.54 Å². The van der Waals surface area contributed by atoms with Crippen LogP contribution in [0.5, 0.6) is 0 Å². The van der Waals surface area contributed by atoms with Gasteiger partial charge >= 0.3 is 0 Å². The zero-order valence-corrected chi connectivity index (χ0v) is 12.9. The van der Waals surface area contributed by atoms with Crippen LogP contribution in [0.15, 0.2) is 16.7 Å². The molecule has 1 heterocycles. The average molecular weight is 314 g/mol. The van der Waals surface area contributed by atoms with Crippen molar-refractivity contribution >= 4 is 27.7 Å². The van der Waals surface area contributed by atoms with Crippen molar-refractivity contribution in [2.45, 2.75) is 33.7 Å². The highest BCUT2D eigenvalue weighted by atomic mass is 79.9. The molecule has 4 nitrogen and oxygen atoms in total. The fourth-order valence-corrected chi connectivity index (χ4v) is 2.11. The standard InChI is InChI=1S/C13H20BrN3O/c1-5-17(8-11(18)16-9(2)3)13-12(14)10(4)6-7-15-13/h6-7,9H,5,8H2,1-4H3,(H,16,18). The third-order valence-corrected chi connectivity index (χ3v) is 3.51. The third kappa shape index (κ3) is 3.98. The number of aryl methyl sites for hydroxylation is 1. The summed E-state index contributed by atoms with van der Waals surface area (Å²) in [5, 5.41) is 2.89. The van der Waals surface area contributed by atoms with Crippen LogP contribution in [0, 0.1) is 6.92 Å². The molecule has 0 aliphatic rings. The highest BCUT2D eigenvalue weighted by Gasteiger charge is 2.15. The number of likely N-dealkylation sites (N-methyl/N-ethyl adjacent to an activating group) is 1. The lowest BCUT2D eigenvalue weighted by atomic mass is 10.3. The number of nitrogens with zero attached hydrogens (tertiary/aromatic N) is 2. The number of hydrogen-bond donors (Lipinski definition) is 1. The number of hydrogen-bond acceptors (Lipinski definition) is 3. The normalized spacial score (nSPS) is 10.6. The van der Waals surface area contributed by atoms with Crippen LogP contribution in [0.1, 0.15) is 26.3 Å². The van der Waals surface area contributed by atoms with Crippen molar-refractivity contribution < 1.29 is 4.79 Å². The number of amides is 1. The summed E-state index contributed by atoms with van der Waals surface area (Å²) in [7, 11) is 0. The minimum Gasteiger partial charge on any atom is -0.352 e. The summed E-state index contributed by atoms with van der Waals surface area (Å²) in [6.45, 7) is 8.99. The van der Waals surface area contributed by atoms with Gasteiger partial charge in [-0.3, -0.25) is 4.79 Å². The Morgan fingerprint density at radius 2 is 2.22 bits per heavy atom. The van der Waals surface area contributed by atoms with Crippen LogP contribution in [0.2, 0.25) is 0 Å². The Morgan fingerprint density at radius 3 is 2.78 bits per heavy atom. The van der Waals surface area contributed by atoms with Gasteiger partial charge in [0.05, 0.1) is 11.0 Å². The first-order chi connectivity index (χ1) is 8.45. The zero-order chi connectivity index (χ0) is 13.7. The summed E-state index contributed by atoms with van der Waals surface area (Å²) >= 11 is 3.53. The van der Waals surface area contributed by atoms with Gasteiger partial charge in [0.1, 0.15) is 5.82 Å². The summed E-state index contributed by atoms with van der Waals surface area (Å²) in [6.07, 6.45) is 1.76. The number of nitrogens with one attached hydrogen (secondary N) is 1. The van der Waals surface area contributed by atoms with E-state index in [1.807, 2.05) is 38.7 Å². The molecule has 0 aliphatic heterocycles. The molecule has 1 aromatic heterocycles. The van der Waals surface area contributed by atoms with Gasteiger partial charge in [-0.05, 0) is 55.3 Å². The van der Waals surface area contributed by atoms with Crippen LogP contribution in [0.4, 0.5) is 5.82 Å². The SMILES string of the molecule is CCN(CC(=O)NC(C)C)c1nccc(C)c1Br. The monoisotopic (exact) mass is 313 g/mol. The summed E-state index contributed by atoms with van der Waals surface area (Å²) in [4.78, 5) is 18.1. The lowest BCUT2D eigenvalue weighted by Gasteiger charge is -2.23. The fraction of sp³-hybridized carbons (Fsp3) is 0.538. The summed E-state index contributed by atoms with van der Waals surface area (Å²) in [5.41, 5.74) is 1.11. The molecule has 1 N–H and O–H groups in total. The maximum Gasteiger partial charge on any atom is 0.239 e. The van der Waals surface area contributed by atoms with E-state index >= 15 is 0 Å². The Labute approximate surface area is 117 Å². The average Bonchev–Trinajstić information content (AvgIpc) is 2.29. The Balaban J connectivity index is 2.83. The Kier molecular flexibility index (Phi) is 5.59. The first-order valence-corrected chi connectivity index (χ1v) is 6.90. The van der Waals surface area contributed by atoms with Gasteiger partial charge in [0.15, 0.2) is 0 Å². The number of anilines is 1. The highest BCUT2D eigenvalue weighted by molar-refractivity contribution is 9.10. The molecule has 1 amide bonds. The van der Waals surface area contributed by atoms with Crippen LogP contribution < -0.4 is 10.2 Å². The second-order valence-electron chi connectivity index (χ2n) is 4.50. The van der Waals surface area contributed by atoms with E-state index in [-0.39, 0.29) is 11.9 Å². The van der Waals surface area contributed by atoms with Crippen molar-refractivity contribution in [2.75, 3.05) is 18.0 Å². The number of aromatic nitrogens is 1. The zero-order valence-electron chi connectivity index (χ0n) is 11.3. The molecule has 1 aromatic rings. The van der Waals surface area contributed by atoms with E-state index in [0.717, 1.165) is 22.4 Å². The van der Waals surface area contributed by atoms with Crippen molar-refractivity contribution in [3.8, 4) is 0 Å². The van der Waals surface area contributed by atoms with Gasteiger partial charge in [0.25, 0.3) is 0 Å². The molecule has 0 spiro atoms. The number of carbonyl (C=O) groups excluding carboxylic acids is 1. The van der Waals surface area contributed by atoms with Crippen molar-refractivity contribution in [1.29, 1.82) is 0 Å². The summed E-state index contributed by atoms with van der Waals surface area (Å²) in [6, 6.07) is 2.10. The third-order valence-electron chi connectivity index (χ3n) is 2.53. The smallest absolute Gasteiger partial charge is 0.239 e. The van der Waals surface area contributed by atoms with Crippen LogP contribution in [0.25, 0.3) is 0 Å². The Bertz CT molecular complexity index is 421. The molecule has 5 heteroatoms. The molecule has 0 radical (unpaired) electrons. The molecule has 0 atom stereocenters. The molecule has 0 saturated carbocycles. The molecule has 0 fully saturated rings. The first kappa shape index (κ1) is 15.0. The largest absolute Gasteiger partial charge is 0.352 e. The molecule has 0 aromatic carbocycles. The van der Waals surface area contributed by atoms with Crippen molar-refractivity contribution in [3.63, 3.8) is 0 Å². The minimum atomic E-state index is 0.0158. The van der Waals surface area contributed by atoms with E-state index in [9.17, 15) is 4.79 Å². The molecule has 1 rings (SSSR count). The first-order valence-electron chi connectivity index (χ1n) is 6.11. The van der Waals surface area contributed by atoms with Crippen LogP contribution in [0.3, 0.4) is 0 Å². The number of halogens is 1. The molecule has 18 heavy (non-hydrogen) atoms. The maximum absolute atomic E-state index is 11.8. The topological polar surface area (TPSA) is 45.2 Å². The number of rotatable bonds is 5. The maximum atomic E-state index is 11.8. The van der Waals surface area contributed by atoms with Gasteiger partial charge in [-0.2, -0.15) is 0 Å². The van der Waals surface area contributed by atoms with Crippen molar-refractivity contribution in [2.24, 2.45) is 0 Å². The van der Waals surface area contributed by atoms with Gasteiger partial charge in [0.2, 0.25) is 5.91 Å². The van der Waals surface area contributed by atoms with Crippen LogP contribution >= 0.6 is 15.9 Å². The van der Waals surface area contributed by atoms with Crippen molar-refractivity contribution in [3.05, 3.63) is 22.3 Å². The minimum absolute atomic E-state index is 0.0158. The molecule has 0 aliphatic carbocycles. The lowest BCUT2D eigenvalue weighted by molar-refractivity contribution is -0.120. The lowest BCUT2D eigenvalue weighted by Crippen LogP contribution is -2.40. The van der Waals surface area contributed by atoms with Gasteiger partial charge < -0.3 is 10.2 Å². The summed E-state index contributed by atoms with van der Waals surface area (Å²) < 4.78 is 0.948. The van der Waals surface area contributed by atoms with Gasteiger partial charge in [-0.15, -0.1) is 0 Å². The Morgan fingerprint density at radius 1 is 1.56 bits per heavy atom. The molecular weight excluding hydrogens is 294 g/mol. The molecule has 0 unspecified atom stereocenters.